The van der Waals surface area contributed by atoms with Gasteiger partial charge in [0.1, 0.15) is 10.1 Å². The Balaban J connectivity index is 0.00000133. The molecule has 3 nitrogen and oxygen atoms in total. The zero-order valence-electron chi connectivity index (χ0n) is 11.5. The van der Waals surface area contributed by atoms with E-state index in [9.17, 15) is 13.0 Å². The van der Waals surface area contributed by atoms with Crippen LogP contribution in [0, 0.1) is 11.8 Å². The van der Waals surface area contributed by atoms with Gasteiger partial charge in [0.15, 0.2) is 0 Å². The van der Waals surface area contributed by atoms with Gasteiger partial charge in [0.05, 0.1) is 5.25 Å². The van der Waals surface area contributed by atoms with Crippen molar-refractivity contribution in [2.75, 3.05) is 0 Å². The van der Waals surface area contributed by atoms with Gasteiger partial charge in [-0.2, -0.15) is 0 Å². The second kappa shape index (κ2) is 6.02. The topological polar surface area (TPSA) is 57.2 Å². The van der Waals surface area contributed by atoms with E-state index in [1.807, 2.05) is 0 Å². The maximum Gasteiger partial charge on any atom is 1.00 e. The number of rotatable bonds is 1. The molecule has 3 unspecified atom stereocenters. The minimum atomic E-state index is -4.18. The fraction of sp³-hybridized carbons (Fsp3) is 0.714. The first-order chi connectivity index (χ1) is 8.55. The third kappa shape index (κ3) is 3.18. The Labute approximate surface area is 137 Å². The molecule has 0 radical (unpaired) electrons. The number of hydrogen-bond acceptors (Lipinski definition) is 3. The molecule has 0 N–H and O–H groups in total. The van der Waals surface area contributed by atoms with Crippen LogP contribution in [-0.2, 0) is 10.1 Å². The summed E-state index contributed by atoms with van der Waals surface area (Å²) in [6, 6.07) is 0. The monoisotopic (exact) mass is 290 g/mol. The SMILES string of the molecule is O=S(=O)([O-])C1CCCC2CC3CCCC=C3C=C21.[Na+]. The molecule has 0 bridgehead atoms. The molecule has 0 aliphatic heterocycles. The van der Waals surface area contributed by atoms with Crippen LogP contribution in [0.2, 0.25) is 0 Å². The molecule has 1 fully saturated rings. The molecule has 3 atom stereocenters. The van der Waals surface area contributed by atoms with Crippen molar-refractivity contribution in [3.63, 3.8) is 0 Å². The van der Waals surface area contributed by atoms with Crippen molar-refractivity contribution in [1.82, 2.24) is 0 Å². The molecule has 0 heterocycles. The second-order valence-electron chi connectivity index (χ2n) is 5.82. The molecule has 0 spiro atoms. The largest absolute Gasteiger partial charge is 1.00 e. The van der Waals surface area contributed by atoms with Gasteiger partial charge in [-0.25, -0.2) is 8.42 Å². The first-order valence-electron chi connectivity index (χ1n) is 6.92. The second-order valence-corrected chi connectivity index (χ2v) is 7.38. The summed E-state index contributed by atoms with van der Waals surface area (Å²) in [5, 5.41) is -0.750. The van der Waals surface area contributed by atoms with Gasteiger partial charge in [0, 0.05) is 0 Å². The minimum absolute atomic E-state index is 0. The van der Waals surface area contributed by atoms with Crippen molar-refractivity contribution < 1.29 is 42.5 Å². The molecular weight excluding hydrogens is 271 g/mol. The Kier molecular flexibility index (Phi) is 5.00. The predicted octanol–water partition coefficient (Wildman–Crippen LogP) is -0.239. The van der Waals surface area contributed by atoms with Crippen LogP contribution in [0.3, 0.4) is 0 Å². The Hall–Kier alpha value is 0.390. The summed E-state index contributed by atoms with van der Waals surface area (Å²) in [6.07, 6.45) is 11.4. The van der Waals surface area contributed by atoms with Gasteiger partial charge in [-0.1, -0.05) is 18.6 Å². The van der Waals surface area contributed by atoms with Gasteiger partial charge >= 0.3 is 29.6 Å². The first-order valence-corrected chi connectivity index (χ1v) is 8.39. The van der Waals surface area contributed by atoms with Crippen molar-refractivity contribution in [3.8, 4) is 0 Å². The van der Waals surface area contributed by atoms with Crippen molar-refractivity contribution in [3.05, 3.63) is 23.3 Å². The van der Waals surface area contributed by atoms with Crippen LogP contribution in [-0.4, -0.2) is 18.2 Å². The molecule has 0 amide bonds. The predicted molar refractivity (Wildman–Crippen MR) is 69.0 cm³/mol. The van der Waals surface area contributed by atoms with Gasteiger partial charge in [-0.05, 0) is 61.5 Å². The van der Waals surface area contributed by atoms with E-state index in [0.29, 0.717) is 18.3 Å². The summed E-state index contributed by atoms with van der Waals surface area (Å²) in [4.78, 5) is 0. The van der Waals surface area contributed by atoms with Crippen LogP contribution >= 0.6 is 0 Å². The van der Waals surface area contributed by atoms with Crippen LogP contribution in [0.25, 0.3) is 0 Å². The van der Waals surface area contributed by atoms with Crippen molar-refractivity contribution in [2.24, 2.45) is 11.8 Å². The molecule has 3 aliphatic carbocycles. The van der Waals surface area contributed by atoms with Crippen LogP contribution in [0.4, 0.5) is 0 Å². The fourth-order valence-electron chi connectivity index (χ4n) is 3.85. The van der Waals surface area contributed by atoms with Gasteiger partial charge in [-0.3, -0.25) is 0 Å². The van der Waals surface area contributed by atoms with E-state index < -0.39 is 15.4 Å². The molecule has 3 rings (SSSR count). The zero-order chi connectivity index (χ0) is 12.8. The fourth-order valence-corrected chi connectivity index (χ4v) is 4.90. The summed E-state index contributed by atoms with van der Waals surface area (Å²) >= 11 is 0. The van der Waals surface area contributed by atoms with Crippen molar-refractivity contribution in [2.45, 2.75) is 50.2 Å². The van der Waals surface area contributed by atoms with Gasteiger partial charge in [-0.15, -0.1) is 0 Å². The van der Waals surface area contributed by atoms with Crippen LogP contribution in [0.15, 0.2) is 23.3 Å². The molecule has 5 heteroatoms. The molecule has 3 aliphatic rings. The average molecular weight is 290 g/mol. The van der Waals surface area contributed by atoms with E-state index in [4.69, 9.17) is 0 Å². The van der Waals surface area contributed by atoms with E-state index in [1.54, 1.807) is 0 Å². The molecule has 0 saturated heterocycles. The number of allylic oxidation sites excluding steroid dienone is 3. The summed E-state index contributed by atoms with van der Waals surface area (Å²) in [5.74, 6) is 0.952. The van der Waals surface area contributed by atoms with Crippen LogP contribution in [0.1, 0.15) is 44.9 Å². The maximum atomic E-state index is 11.4. The third-order valence-corrected chi connectivity index (χ3v) is 5.93. The zero-order valence-corrected chi connectivity index (χ0v) is 14.3. The van der Waals surface area contributed by atoms with E-state index in [-0.39, 0.29) is 29.6 Å². The molecule has 0 aromatic heterocycles. The summed E-state index contributed by atoms with van der Waals surface area (Å²) in [5.41, 5.74) is 2.21. The Morgan fingerprint density at radius 3 is 2.58 bits per heavy atom. The van der Waals surface area contributed by atoms with E-state index in [0.717, 1.165) is 31.3 Å². The first kappa shape index (κ1) is 15.8. The van der Waals surface area contributed by atoms with Gasteiger partial charge in [0.25, 0.3) is 0 Å². The normalized spacial score (nSPS) is 34.3. The minimum Gasteiger partial charge on any atom is -0.747 e. The van der Waals surface area contributed by atoms with Crippen LogP contribution < -0.4 is 29.6 Å². The number of hydrogen-bond donors (Lipinski definition) is 0. The molecule has 1 saturated carbocycles. The summed E-state index contributed by atoms with van der Waals surface area (Å²) in [6.45, 7) is 0. The average Bonchev–Trinajstić information content (AvgIpc) is 2.34. The third-order valence-electron chi connectivity index (χ3n) is 4.72. The smallest absolute Gasteiger partial charge is 0.747 e. The summed E-state index contributed by atoms with van der Waals surface area (Å²) in [7, 11) is -4.18. The standard InChI is InChI=1S/C14H20O3S.Na/c15-18(16,17)14-7-3-6-12-8-10-4-1-2-5-11(10)9-13(12)14;/h5,9-10,12,14H,1-4,6-8H2,(H,15,16,17);/q;+1/p-1. The maximum absolute atomic E-state index is 11.4. The Morgan fingerprint density at radius 2 is 1.84 bits per heavy atom. The van der Waals surface area contributed by atoms with E-state index >= 15 is 0 Å². The van der Waals surface area contributed by atoms with E-state index in [2.05, 4.69) is 12.2 Å². The quantitative estimate of drug-likeness (QED) is 0.495. The van der Waals surface area contributed by atoms with Crippen molar-refractivity contribution in [1.29, 1.82) is 0 Å². The Bertz CT molecular complexity index is 507. The van der Waals surface area contributed by atoms with Gasteiger partial charge in [0.2, 0.25) is 0 Å². The molecule has 0 aromatic carbocycles. The van der Waals surface area contributed by atoms with Crippen molar-refractivity contribution >= 4 is 10.1 Å². The molecule has 100 valence electrons. The summed E-state index contributed by atoms with van der Waals surface area (Å²) < 4.78 is 34.2. The van der Waals surface area contributed by atoms with Gasteiger partial charge < -0.3 is 4.55 Å². The number of fused-ring (bicyclic) bond motifs is 2. The van der Waals surface area contributed by atoms with Crippen LogP contribution in [0.5, 0.6) is 0 Å². The molecular formula is C14H19NaO3S. The van der Waals surface area contributed by atoms with E-state index in [1.165, 1.54) is 18.4 Å². The molecule has 0 aromatic rings. The Morgan fingerprint density at radius 1 is 1.11 bits per heavy atom. The molecule has 19 heavy (non-hydrogen) atoms.